The molecule has 20 heavy (non-hydrogen) atoms. The molecule has 2 heterocycles. The zero-order chi connectivity index (χ0) is 14.3. The number of primary amides is 1. The third-order valence-electron chi connectivity index (χ3n) is 3.07. The van der Waals surface area contributed by atoms with Gasteiger partial charge in [-0.15, -0.1) is 0 Å². The average Bonchev–Trinajstić information content (AvgIpc) is 2.79. The summed E-state index contributed by atoms with van der Waals surface area (Å²) in [7, 11) is 0. The monoisotopic (exact) mass is 268 g/mol. The number of nitrogens with two attached hydrogens (primary N) is 1. The van der Waals surface area contributed by atoms with E-state index in [4.69, 9.17) is 10.3 Å². The number of rotatable bonds is 2. The molecule has 0 bridgehead atoms. The van der Waals surface area contributed by atoms with Gasteiger partial charge in [0.15, 0.2) is 0 Å². The molecule has 0 radical (unpaired) electrons. The van der Waals surface area contributed by atoms with E-state index in [2.05, 4.69) is 15.1 Å². The van der Waals surface area contributed by atoms with E-state index in [-0.39, 0.29) is 0 Å². The summed E-state index contributed by atoms with van der Waals surface area (Å²) >= 11 is 0. The van der Waals surface area contributed by atoms with E-state index in [9.17, 15) is 4.79 Å². The van der Waals surface area contributed by atoms with Gasteiger partial charge in [-0.3, -0.25) is 4.79 Å². The standard InChI is InChI=1S/C14H12N4O2/c1-7-11-12(16-8(2)17-14(11)20-18-7)9-5-3-4-6-10(9)13(15)19/h3-6H,1-2H3,(H2,15,19). The van der Waals surface area contributed by atoms with Gasteiger partial charge in [0.2, 0.25) is 5.91 Å². The Morgan fingerprint density at radius 2 is 1.95 bits per heavy atom. The van der Waals surface area contributed by atoms with E-state index in [0.29, 0.717) is 39.4 Å². The molecule has 100 valence electrons. The van der Waals surface area contributed by atoms with Gasteiger partial charge in [0.1, 0.15) is 5.82 Å². The summed E-state index contributed by atoms with van der Waals surface area (Å²) in [5.74, 6) is 0.0436. The molecular weight excluding hydrogens is 256 g/mol. The quantitative estimate of drug-likeness (QED) is 0.767. The lowest BCUT2D eigenvalue weighted by Gasteiger charge is -2.07. The van der Waals surface area contributed by atoms with Crippen molar-refractivity contribution in [3.63, 3.8) is 0 Å². The minimum Gasteiger partial charge on any atom is -0.366 e. The lowest BCUT2D eigenvalue weighted by molar-refractivity contribution is 0.100. The van der Waals surface area contributed by atoms with Gasteiger partial charge in [0, 0.05) is 11.1 Å². The van der Waals surface area contributed by atoms with Gasteiger partial charge >= 0.3 is 0 Å². The van der Waals surface area contributed by atoms with Crippen LogP contribution < -0.4 is 5.73 Å². The second-order valence-corrected chi connectivity index (χ2v) is 4.48. The van der Waals surface area contributed by atoms with Crippen molar-refractivity contribution in [2.24, 2.45) is 5.73 Å². The van der Waals surface area contributed by atoms with Crippen LogP contribution in [0.1, 0.15) is 21.9 Å². The molecule has 0 spiro atoms. The Kier molecular flexibility index (Phi) is 2.71. The fraction of sp³-hybridized carbons (Fsp3) is 0.143. The highest BCUT2D eigenvalue weighted by Crippen LogP contribution is 2.30. The smallest absolute Gasteiger partial charge is 0.261 e. The minimum absolute atomic E-state index is 0.407. The van der Waals surface area contributed by atoms with Crippen molar-refractivity contribution >= 4 is 17.0 Å². The number of amides is 1. The predicted molar refractivity (Wildman–Crippen MR) is 73.0 cm³/mol. The minimum atomic E-state index is -0.501. The second kappa shape index (κ2) is 4.41. The van der Waals surface area contributed by atoms with E-state index in [1.807, 2.05) is 6.07 Å². The summed E-state index contributed by atoms with van der Waals surface area (Å²) in [5.41, 5.74) is 8.18. The molecule has 0 saturated carbocycles. The molecule has 0 aliphatic carbocycles. The van der Waals surface area contributed by atoms with E-state index in [1.54, 1.807) is 32.0 Å². The summed E-state index contributed by atoms with van der Waals surface area (Å²) in [6, 6.07) is 7.06. The van der Waals surface area contributed by atoms with Crippen molar-refractivity contribution in [1.82, 2.24) is 15.1 Å². The Hall–Kier alpha value is -2.76. The molecule has 6 nitrogen and oxygen atoms in total. The lowest BCUT2D eigenvalue weighted by atomic mass is 10.0. The molecule has 0 unspecified atom stereocenters. The van der Waals surface area contributed by atoms with Crippen molar-refractivity contribution in [2.45, 2.75) is 13.8 Å². The number of nitrogens with zero attached hydrogens (tertiary/aromatic N) is 3. The van der Waals surface area contributed by atoms with Gasteiger partial charge in [0.05, 0.1) is 16.8 Å². The molecule has 1 amide bonds. The van der Waals surface area contributed by atoms with Crippen molar-refractivity contribution in [1.29, 1.82) is 0 Å². The van der Waals surface area contributed by atoms with Crippen molar-refractivity contribution < 1.29 is 9.32 Å². The van der Waals surface area contributed by atoms with Crippen LogP contribution in [-0.2, 0) is 0 Å². The molecule has 3 rings (SSSR count). The number of fused-ring (bicyclic) bond motifs is 1. The molecule has 0 fully saturated rings. The summed E-state index contributed by atoms with van der Waals surface area (Å²) in [4.78, 5) is 20.2. The van der Waals surface area contributed by atoms with E-state index in [1.165, 1.54) is 0 Å². The molecule has 0 aliphatic rings. The Balaban J connectivity index is 2.40. The van der Waals surface area contributed by atoms with Crippen LogP contribution in [0.5, 0.6) is 0 Å². The molecule has 2 aromatic heterocycles. The molecule has 6 heteroatoms. The number of aromatic nitrogens is 3. The average molecular weight is 268 g/mol. The van der Waals surface area contributed by atoms with Crippen LogP contribution in [-0.4, -0.2) is 21.0 Å². The maximum absolute atomic E-state index is 11.6. The first-order chi connectivity index (χ1) is 9.58. The van der Waals surface area contributed by atoms with Gasteiger partial charge in [0.25, 0.3) is 5.71 Å². The van der Waals surface area contributed by atoms with E-state index >= 15 is 0 Å². The van der Waals surface area contributed by atoms with Gasteiger partial charge < -0.3 is 10.3 Å². The second-order valence-electron chi connectivity index (χ2n) is 4.48. The molecule has 0 atom stereocenters. The normalized spacial score (nSPS) is 10.9. The van der Waals surface area contributed by atoms with Crippen molar-refractivity contribution in [3.05, 3.63) is 41.3 Å². The summed E-state index contributed by atoms with van der Waals surface area (Å²) in [5, 5.41) is 4.60. The van der Waals surface area contributed by atoms with Crippen molar-refractivity contribution in [3.8, 4) is 11.3 Å². The van der Waals surface area contributed by atoms with Crippen LogP contribution in [0, 0.1) is 13.8 Å². The van der Waals surface area contributed by atoms with Crippen LogP contribution in [0.4, 0.5) is 0 Å². The Morgan fingerprint density at radius 1 is 1.20 bits per heavy atom. The largest absolute Gasteiger partial charge is 0.366 e. The SMILES string of the molecule is Cc1nc(-c2ccccc2C(N)=O)c2c(C)noc2n1. The first-order valence-corrected chi connectivity index (χ1v) is 6.07. The highest BCUT2D eigenvalue weighted by atomic mass is 16.5. The maximum atomic E-state index is 11.6. The fourth-order valence-corrected chi connectivity index (χ4v) is 2.20. The Bertz CT molecular complexity index is 823. The summed E-state index contributed by atoms with van der Waals surface area (Å²) in [6.45, 7) is 3.56. The van der Waals surface area contributed by atoms with Crippen LogP contribution >= 0.6 is 0 Å². The maximum Gasteiger partial charge on any atom is 0.261 e. The molecule has 2 N–H and O–H groups in total. The molecular formula is C14H12N4O2. The Labute approximate surface area is 114 Å². The number of benzene rings is 1. The fourth-order valence-electron chi connectivity index (χ4n) is 2.20. The van der Waals surface area contributed by atoms with E-state index in [0.717, 1.165) is 0 Å². The lowest BCUT2D eigenvalue weighted by Crippen LogP contribution is -2.12. The molecule has 0 saturated heterocycles. The Morgan fingerprint density at radius 3 is 2.70 bits per heavy atom. The molecule has 3 aromatic rings. The predicted octanol–water partition coefficient (Wildman–Crippen LogP) is 2.00. The van der Waals surface area contributed by atoms with Crippen LogP contribution in [0.3, 0.4) is 0 Å². The zero-order valence-electron chi connectivity index (χ0n) is 11.0. The van der Waals surface area contributed by atoms with Gasteiger partial charge in [-0.1, -0.05) is 23.4 Å². The third kappa shape index (κ3) is 1.82. The van der Waals surface area contributed by atoms with Crippen LogP contribution in [0.15, 0.2) is 28.8 Å². The van der Waals surface area contributed by atoms with Gasteiger partial charge in [-0.2, -0.15) is 4.98 Å². The number of hydrogen-bond acceptors (Lipinski definition) is 5. The first-order valence-electron chi connectivity index (χ1n) is 6.07. The van der Waals surface area contributed by atoms with E-state index < -0.39 is 5.91 Å². The summed E-state index contributed by atoms with van der Waals surface area (Å²) in [6.07, 6.45) is 0. The van der Waals surface area contributed by atoms with Crippen LogP contribution in [0.2, 0.25) is 0 Å². The third-order valence-corrected chi connectivity index (χ3v) is 3.07. The van der Waals surface area contributed by atoms with Gasteiger partial charge in [-0.25, -0.2) is 4.98 Å². The highest BCUT2D eigenvalue weighted by molar-refractivity contribution is 6.03. The topological polar surface area (TPSA) is 94.9 Å². The summed E-state index contributed by atoms with van der Waals surface area (Å²) < 4.78 is 5.17. The zero-order valence-corrected chi connectivity index (χ0v) is 11.0. The number of aryl methyl sites for hydroxylation is 2. The highest BCUT2D eigenvalue weighted by Gasteiger charge is 2.18. The number of carbonyl (C=O) groups is 1. The molecule has 1 aromatic carbocycles. The van der Waals surface area contributed by atoms with Crippen LogP contribution in [0.25, 0.3) is 22.4 Å². The van der Waals surface area contributed by atoms with Crippen molar-refractivity contribution in [2.75, 3.05) is 0 Å². The number of carbonyl (C=O) groups excluding carboxylic acids is 1. The number of hydrogen-bond donors (Lipinski definition) is 1. The first kappa shape index (κ1) is 12.3. The molecule has 0 aliphatic heterocycles. The van der Waals surface area contributed by atoms with Gasteiger partial charge in [-0.05, 0) is 19.9 Å².